The van der Waals surface area contributed by atoms with E-state index in [1.165, 1.54) is 17.0 Å². The molecule has 0 spiro atoms. The molecule has 11 heteroatoms. The lowest BCUT2D eigenvalue weighted by Crippen LogP contribution is -2.53. The van der Waals surface area contributed by atoms with E-state index in [-0.39, 0.29) is 29.1 Å². The SMILES string of the molecule is CC[C@H](C(=O)NC(C)C)N(Cc1ccc(Cl)c(Cl)c1)C(=O)CN(c1ccc(Oc2ccccc2)cc1)S(=O)(=O)c1ccccc1. The summed E-state index contributed by atoms with van der Waals surface area (Å²) in [5, 5.41) is 3.53. The molecule has 45 heavy (non-hydrogen) atoms. The van der Waals surface area contributed by atoms with Crippen molar-refractivity contribution in [3.8, 4) is 11.5 Å². The molecule has 0 aliphatic rings. The maximum absolute atomic E-state index is 14.2. The first-order chi connectivity index (χ1) is 21.5. The van der Waals surface area contributed by atoms with Gasteiger partial charge in [0.05, 0.1) is 20.6 Å². The summed E-state index contributed by atoms with van der Waals surface area (Å²) in [4.78, 5) is 28.9. The number of carbonyl (C=O) groups excluding carboxylic acids is 2. The quantitative estimate of drug-likeness (QED) is 0.161. The summed E-state index contributed by atoms with van der Waals surface area (Å²) >= 11 is 12.4. The van der Waals surface area contributed by atoms with Gasteiger partial charge in [-0.1, -0.05) is 72.6 Å². The Morgan fingerprint density at radius 1 is 0.822 bits per heavy atom. The topological polar surface area (TPSA) is 96.0 Å². The van der Waals surface area contributed by atoms with Crippen molar-refractivity contribution >= 4 is 50.7 Å². The van der Waals surface area contributed by atoms with Gasteiger partial charge in [0.15, 0.2) is 0 Å². The lowest BCUT2D eigenvalue weighted by atomic mass is 10.1. The number of hydrogen-bond donors (Lipinski definition) is 1. The first-order valence-corrected chi connectivity index (χ1v) is 16.6. The summed E-state index contributed by atoms with van der Waals surface area (Å²) in [6.45, 7) is 4.89. The molecular weight excluding hydrogens is 633 g/mol. The minimum Gasteiger partial charge on any atom is -0.457 e. The summed E-state index contributed by atoms with van der Waals surface area (Å²) < 4.78 is 35.0. The molecule has 0 saturated carbocycles. The number of rotatable bonds is 13. The smallest absolute Gasteiger partial charge is 0.264 e. The molecule has 0 fully saturated rings. The van der Waals surface area contributed by atoms with Crippen molar-refractivity contribution in [2.45, 2.75) is 50.7 Å². The summed E-state index contributed by atoms with van der Waals surface area (Å²) in [5.41, 5.74) is 0.884. The van der Waals surface area contributed by atoms with Crippen molar-refractivity contribution in [2.24, 2.45) is 0 Å². The van der Waals surface area contributed by atoms with Gasteiger partial charge >= 0.3 is 0 Å². The second-order valence-electron chi connectivity index (χ2n) is 10.6. The first kappa shape index (κ1) is 33.8. The molecule has 8 nitrogen and oxygen atoms in total. The maximum atomic E-state index is 14.2. The van der Waals surface area contributed by atoms with Crippen molar-refractivity contribution in [1.82, 2.24) is 10.2 Å². The van der Waals surface area contributed by atoms with Gasteiger partial charge in [-0.05, 0) is 86.5 Å². The molecule has 0 unspecified atom stereocenters. The summed E-state index contributed by atoms with van der Waals surface area (Å²) in [7, 11) is -4.21. The monoisotopic (exact) mass is 667 g/mol. The third-order valence-corrected chi connectivity index (χ3v) is 9.39. The van der Waals surface area contributed by atoms with Crippen LogP contribution in [-0.2, 0) is 26.2 Å². The maximum Gasteiger partial charge on any atom is 0.264 e. The van der Waals surface area contributed by atoms with Gasteiger partial charge in [-0.2, -0.15) is 0 Å². The number of amides is 2. The lowest BCUT2D eigenvalue weighted by molar-refractivity contribution is -0.140. The molecule has 2 amide bonds. The number of nitrogens with one attached hydrogen (secondary N) is 1. The summed E-state index contributed by atoms with van der Waals surface area (Å²) in [5.74, 6) is 0.195. The normalized spacial score (nSPS) is 12.0. The number of carbonyl (C=O) groups is 2. The molecule has 236 valence electrons. The number of ether oxygens (including phenoxy) is 1. The molecule has 0 bridgehead atoms. The lowest BCUT2D eigenvalue weighted by Gasteiger charge is -2.33. The van der Waals surface area contributed by atoms with Crippen LogP contribution in [0.1, 0.15) is 32.8 Å². The largest absolute Gasteiger partial charge is 0.457 e. The van der Waals surface area contributed by atoms with Gasteiger partial charge in [0.2, 0.25) is 11.8 Å². The highest BCUT2D eigenvalue weighted by Crippen LogP contribution is 2.29. The number of para-hydroxylation sites is 1. The fourth-order valence-corrected chi connectivity index (χ4v) is 6.44. The Hall–Kier alpha value is -4.05. The van der Waals surface area contributed by atoms with E-state index >= 15 is 0 Å². The third kappa shape index (κ3) is 8.78. The number of sulfonamides is 1. The van der Waals surface area contributed by atoms with Crippen LogP contribution in [0.3, 0.4) is 0 Å². The van der Waals surface area contributed by atoms with Gasteiger partial charge in [-0.3, -0.25) is 13.9 Å². The molecule has 4 aromatic rings. The van der Waals surface area contributed by atoms with Crippen LogP contribution in [0.5, 0.6) is 11.5 Å². The highest BCUT2D eigenvalue weighted by Gasteiger charge is 2.34. The van der Waals surface area contributed by atoms with Crippen LogP contribution in [0.2, 0.25) is 10.0 Å². The van der Waals surface area contributed by atoms with E-state index in [1.54, 1.807) is 79.7 Å². The molecule has 1 N–H and O–H groups in total. The summed E-state index contributed by atoms with van der Waals surface area (Å²) in [6.07, 6.45) is 0.294. The average molecular weight is 669 g/mol. The Balaban J connectivity index is 1.72. The Kier molecular flexibility index (Phi) is 11.5. The van der Waals surface area contributed by atoms with Crippen LogP contribution in [0.25, 0.3) is 0 Å². The molecule has 4 aromatic carbocycles. The molecule has 1 atom stereocenters. The van der Waals surface area contributed by atoms with E-state index in [0.29, 0.717) is 33.5 Å². The number of hydrogen-bond acceptors (Lipinski definition) is 5. The predicted molar refractivity (Wildman–Crippen MR) is 178 cm³/mol. The molecule has 0 saturated heterocycles. The van der Waals surface area contributed by atoms with E-state index in [1.807, 2.05) is 32.0 Å². The third-order valence-electron chi connectivity index (χ3n) is 6.87. The second-order valence-corrected chi connectivity index (χ2v) is 13.3. The second kappa shape index (κ2) is 15.3. The standard InChI is InChI=1S/C34H35Cl2N3O5S/c1-4-32(34(41)37-24(2)3)38(22-25-15-20-30(35)31(36)21-25)33(40)23-39(45(42,43)29-13-9-6-10-14-29)26-16-18-28(19-17-26)44-27-11-7-5-8-12-27/h5-21,24,32H,4,22-23H2,1-3H3,(H,37,41)/t32-/m1/s1. The zero-order valence-corrected chi connectivity index (χ0v) is 27.5. The minimum absolute atomic E-state index is 0.00280. The van der Waals surface area contributed by atoms with E-state index in [4.69, 9.17) is 27.9 Å². The van der Waals surface area contributed by atoms with Crippen molar-refractivity contribution in [3.05, 3.63) is 119 Å². The van der Waals surface area contributed by atoms with E-state index in [9.17, 15) is 18.0 Å². The zero-order chi connectivity index (χ0) is 32.6. The van der Waals surface area contributed by atoms with Gasteiger partial charge < -0.3 is 15.0 Å². The fraction of sp³-hybridized carbons (Fsp3) is 0.235. The van der Waals surface area contributed by atoms with Crippen molar-refractivity contribution in [1.29, 1.82) is 0 Å². The zero-order valence-electron chi connectivity index (χ0n) is 25.2. The Bertz CT molecular complexity index is 1700. The first-order valence-electron chi connectivity index (χ1n) is 14.4. The minimum atomic E-state index is -4.21. The van der Waals surface area contributed by atoms with Gasteiger partial charge in [-0.15, -0.1) is 0 Å². The van der Waals surface area contributed by atoms with E-state index in [2.05, 4.69) is 5.32 Å². The number of benzene rings is 4. The Morgan fingerprint density at radius 3 is 2.00 bits per heavy atom. The highest BCUT2D eigenvalue weighted by atomic mass is 35.5. The molecule has 4 rings (SSSR count). The molecule has 0 heterocycles. The van der Waals surface area contributed by atoms with Crippen LogP contribution in [0.4, 0.5) is 5.69 Å². The van der Waals surface area contributed by atoms with Crippen molar-refractivity contribution in [3.63, 3.8) is 0 Å². The fourth-order valence-electron chi connectivity index (χ4n) is 4.69. The van der Waals surface area contributed by atoms with Gasteiger partial charge in [-0.25, -0.2) is 8.42 Å². The highest BCUT2D eigenvalue weighted by molar-refractivity contribution is 7.92. The average Bonchev–Trinajstić information content (AvgIpc) is 3.02. The molecule has 0 aliphatic heterocycles. The number of anilines is 1. The van der Waals surface area contributed by atoms with Crippen LogP contribution < -0.4 is 14.4 Å². The molecule has 0 aliphatic carbocycles. The Morgan fingerprint density at radius 2 is 1.42 bits per heavy atom. The van der Waals surface area contributed by atoms with Crippen LogP contribution >= 0.6 is 23.2 Å². The number of halogens is 2. The van der Waals surface area contributed by atoms with Crippen molar-refractivity contribution < 1.29 is 22.7 Å². The van der Waals surface area contributed by atoms with E-state index < -0.39 is 28.5 Å². The molecule has 0 aromatic heterocycles. The Labute approximate surface area is 274 Å². The van der Waals surface area contributed by atoms with Crippen LogP contribution in [0, 0.1) is 0 Å². The number of nitrogens with zero attached hydrogens (tertiary/aromatic N) is 2. The van der Waals surface area contributed by atoms with Gasteiger partial charge in [0.25, 0.3) is 10.0 Å². The van der Waals surface area contributed by atoms with Crippen molar-refractivity contribution in [2.75, 3.05) is 10.8 Å². The van der Waals surface area contributed by atoms with E-state index in [0.717, 1.165) is 4.31 Å². The molecule has 0 radical (unpaired) electrons. The van der Waals surface area contributed by atoms with Gasteiger partial charge in [0, 0.05) is 12.6 Å². The summed E-state index contributed by atoms with van der Waals surface area (Å²) in [6, 6.07) is 27.4. The van der Waals surface area contributed by atoms with Crippen LogP contribution in [0.15, 0.2) is 108 Å². The predicted octanol–water partition coefficient (Wildman–Crippen LogP) is 7.31. The van der Waals surface area contributed by atoms with Crippen LogP contribution in [-0.4, -0.2) is 43.8 Å². The van der Waals surface area contributed by atoms with Gasteiger partial charge in [0.1, 0.15) is 24.1 Å². The molecular formula is C34H35Cl2N3O5S.